The van der Waals surface area contributed by atoms with E-state index in [1.165, 1.54) is 7.11 Å². The van der Waals surface area contributed by atoms with Crippen molar-refractivity contribution in [3.05, 3.63) is 52.7 Å². The number of fused-ring (bicyclic) bond motifs is 2. The third kappa shape index (κ3) is 6.15. The molecular weight excluding hydrogens is 620 g/mol. The van der Waals surface area contributed by atoms with E-state index in [1.807, 2.05) is 12.1 Å². The summed E-state index contributed by atoms with van der Waals surface area (Å²) >= 11 is 6.72. The minimum atomic E-state index is -0.639. The van der Waals surface area contributed by atoms with Crippen LogP contribution in [0.15, 0.2) is 36.4 Å². The van der Waals surface area contributed by atoms with Crippen LogP contribution >= 0.6 is 11.6 Å². The summed E-state index contributed by atoms with van der Waals surface area (Å²) in [5, 5.41) is 15.5. The third-order valence-corrected chi connectivity index (χ3v) is 10.3. The van der Waals surface area contributed by atoms with Crippen LogP contribution in [0.25, 0.3) is 10.8 Å². The summed E-state index contributed by atoms with van der Waals surface area (Å²) in [4.78, 5) is 43.9. The highest BCUT2D eigenvalue weighted by molar-refractivity contribution is 6.36. The van der Waals surface area contributed by atoms with Gasteiger partial charge in [0.05, 0.1) is 42.9 Å². The van der Waals surface area contributed by atoms with Crippen molar-refractivity contribution in [3.63, 3.8) is 0 Å². The van der Waals surface area contributed by atoms with E-state index < -0.39 is 18.1 Å². The van der Waals surface area contributed by atoms with Gasteiger partial charge in [-0.2, -0.15) is 15.2 Å². The molecule has 0 bridgehead atoms. The SMILES string of the molecule is COC(=O)[C@H]1N[C@@H]1C(=O)N1CCN(c2nc(OC[C@@H]3CCCN3C)nc3c2CCN(c2cccc4cccc(Cl)c24)C3)C[C@@H]1CC#N. The predicted octanol–water partition coefficient (Wildman–Crippen LogP) is 2.76. The van der Waals surface area contributed by atoms with Crippen molar-refractivity contribution in [1.82, 2.24) is 25.1 Å². The number of halogens is 1. The Morgan fingerprint density at radius 2 is 1.89 bits per heavy atom. The number of piperazine rings is 1. The molecule has 3 saturated heterocycles. The summed E-state index contributed by atoms with van der Waals surface area (Å²) in [5.74, 6) is 0.161. The molecule has 5 heterocycles. The van der Waals surface area contributed by atoms with Gasteiger partial charge in [-0.05, 0) is 50.4 Å². The molecule has 0 saturated carbocycles. The Kier molecular flexibility index (Phi) is 8.79. The monoisotopic (exact) mass is 658 g/mol. The normalized spacial score (nSPS) is 24.2. The van der Waals surface area contributed by atoms with Crippen molar-refractivity contribution < 1.29 is 19.1 Å². The summed E-state index contributed by atoms with van der Waals surface area (Å²) in [6.07, 6.45) is 3.09. The van der Waals surface area contributed by atoms with Gasteiger partial charge in [0.15, 0.2) is 0 Å². The number of anilines is 2. The molecular formula is C34H39ClN8O4. The Balaban J connectivity index is 1.18. The van der Waals surface area contributed by atoms with Crippen molar-refractivity contribution in [3.8, 4) is 12.1 Å². The van der Waals surface area contributed by atoms with Crippen LogP contribution in [0.2, 0.25) is 5.02 Å². The van der Waals surface area contributed by atoms with Crippen LogP contribution in [0.4, 0.5) is 11.5 Å². The van der Waals surface area contributed by atoms with Crippen molar-refractivity contribution in [1.29, 1.82) is 5.26 Å². The highest BCUT2D eigenvalue weighted by Gasteiger charge is 2.51. The molecule has 13 heteroatoms. The molecule has 47 heavy (non-hydrogen) atoms. The number of amides is 1. The quantitative estimate of drug-likeness (QED) is 0.283. The molecule has 0 unspecified atom stereocenters. The van der Waals surface area contributed by atoms with Crippen molar-refractivity contribution in [2.45, 2.75) is 56.4 Å². The lowest BCUT2D eigenvalue weighted by molar-refractivity contribution is -0.142. The van der Waals surface area contributed by atoms with E-state index in [1.54, 1.807) is 4.90 Å². The molecule has 7 rings (SSSR count). The van der Waals surface area contributed by atoms with Crippen LogP contribution in [0.5, 0.6) is 6.01 Å². The second-order valence-corrected chi connectivity index (χ2v) is 13.2. The lowest BCUT2D eigenvalue weighted by atomic mass is 10.0. The Morgan fingerprint density at radius 3 is 2.66 bits per heavy atom. The molecule has 4 aliphatic heterocycles. The van der Waals surface area contributed by atoms with Gasteiger partial charge in [0.1, 0.15) is 24.5 Å². The standard InChI is InChI=1S/C34H39ClN8O4/c1-40-14-5-8-23(40)20-47-34-37-26-19-41(27-10-4-7-21-6-3-9-25(35)28(21)27)15-12-24(26)31(39-34)42-16-17-43(22(18-42)11-13-36)32(44)29-30(38-29)33(45)46-2/h3-4,6-7,9-10,22-23,29-30,38H,5,8,11-12,14-20H2,1-2H3/t22-,23-,29-,30-/m0/s1. The van der Waals surface area contributed by atoms with Crippen LogP contribution in [0.1, 0.15) is 30.5 Å². The Hall–Kier alpha value is -4.18. The summed E-state index contributed by atoms with van der Waals surface area (Å²) in [7, 11) is 3.43. The number of nitriles is 1. The van der Waals surface area contributed by atoms with Crippen LogP contribution < -0.4 is 19.9 Å². The van der Waals surface area contributed by atoms with Gasteiger partial charge in [-0.1, -0.05) is 35.9 Å². The fraction of sp³-hybridized carbons (Fsp3) is 0.500. The number of hydrogen-bond donors (Lipinski definition) is 1. The summed E-state index contributed by atoms with van der Waals surface area (Å²) in [6, 6.07) is 13.5. The van der Waals surface area contributed by atoms with E-state index in [-0.39, 0.29) is 18.4 Å². The van der Waals surface area contributed by atoms with E-state index in [4.69, 9.17) is 31.0 Å². The average Bonchev–Trinajstić information content (AvgIpc) is 3.79. The third-order valence-electron chi connectivity index (χ3n) is 9.97. The highest BCUT2D eigenvalue weighted by Crippen LogP contribution is 2.37. The lowest BCUT2D eigenvalue weighted by Gasteiger charge is -2.42. The second kappa shape index (κ2) is 13.1. The first-order valence-corrected chi connectivity index (χ1v) is 16.6. The number of benzene rings is 2. The maximum absolute atomic E-state index is 13.4. The molecule has 3 fully saturated rings. The maximum atomic E-state index is 13.4. The topological polar surface area (TPSA) is 137 Å². The number of nitrogens with one attached hydrogen (secondary N) is 1. The molecule has 1 aromatic heterocycles. The van der Waals surface area contributed by atoms with Gasteiger partial charge in [0.25, 0.3) is 0 Å². The van der Waals surface area contributed by atoms with Gasteiger partial charge in [0.2, 0.25) is 5.91 Å². The number of nitrogens with zero attached hydrogens (tertiary/aromatic N) is 7. The van der Waals surface area contributed by atoms with E-state index in [0.29, 0.717) is 56.3 Å². The highest BCUT2D eigenvalue weighted by atomic mass is 35.5. The Labute approximate surface area is 279 Å². The fourth-order valence-corrected chi connectivity index (χ4v) is 7.58. The van der Waals surface area contributed by atoms with Gasteiger partial charge in [0, 0.05) is 48.9 Å². The second-order valence-electron chi connectivity index (χ2n) is 12.8. The summed E-state index contributed by atoms with van der Waals surface area (Å²) in [6.45, 7) is 4.24. The van der Waals surface area contributed by atoms with E-state index in [9.17, 15) is 14.9 Å². The number of esters is 1. The zero-order valence-electron chi connectivity index (χ0n) is 26.7. The number of methoxy groups -OCH3 is 1. The minimum Gasteiger partial charge on any atom is -0.468 e. The van der Waals surface area contributed by atoms with Crippen molar-refractivity contribution in [2.75, 3.05) is 63.3 Å². The molecule has 246 valence electrons. The molecule has 3 aromatic rings. The number of carbonyl (C=O) groups excluding carboxylic acids is 2. The largest absolute Gasteiger partial charge is 0.468 e. The molecule has 1 N–H and O–H groups in total. The number of likely N-dealkylation sites (N-methyl/N-ethyl adjacent to an activating group) is 1. The zero-order chi connectivity index (χ0) is 32.7. The first-order chi connectivity index (χ1) is 22.9. The van der Waals surface area contributed by atoms with Crippen LogP contribution in [-0.4, -0.2) is 109 Å². The number of likely N-dealkylation sites (tertiary alicyclic amines) is 1. The van der Waals surface area contributed by atoms with E-state index >= 15 is 0 Å². The zero-order valence-corrected chi connectivity index (χ0v) is 27.4. The molecule has 1 amide bonds. The van der Waals surface area contributed by atoms with Crippen LogP contribution in [-0.2, 0) is 27.3 Å². The molecule has 4 aliphatic rings. The average molecular weight is 659 g/mol. The molecule has 12 nitrogen and oxygen atoms in total. The number of aromatic nitrogens is 2. The lowest BCUT2D eigenvalue weighted by Crippen LogP contribution is -2.57. The van der Waals surface area contributed by atoms with E-state index in [0.717, 1.165) is 59.5 Å². The minimum absolute atomic E-state index is 0.165. The van der Waals surface area contributed by atoms with Gasteiger partial charge in [-0.3, -0.25) is 14.9 Å². The van der Waals surface area contributed by atoms with Crippen molar-refractivity contribution in [2.24, 2.45) is 0 Å². The smallest absolute Gasteiger partial charge is 0.325 e. The van der Waals surface area contributed by atoms with E-state index in [2.05, 4.69) is 57.4 Å². The first kappa shape index (κ1) is 31.4. The molecule has 0 radical (unpaired) electrons. The van der Waals surface area contributed by atoms with Gasteiger partial charge >= 0.3 is 12.0 Å². The Morgan fingerprint density at radius 1 is 1.06 bits per heavy atom. The van der Waals surface area contributed by atoms with Crippen LogP contribution in [0, 0.1) is 11.3 Å². The fourth-order valence-electron chi connectivity index (χ4n) is 7.30. The maximum Gasteiger partial charge on any atom is 0.325 e. The first-order valence-electron chi connectivity index (χ1n) is 16.3. The molecule has 0 aliphatic carbocycles. The number of hydrogen-bond acceptors (Lipinski definition) is 11. The van der Waals surface area contributed by atoms with Gasteiger partial charge in [-0.25, -0.2) is 0 Å². The number of rotatable bonds is 8. The molecule has 0 spiro atoms. The summed E-state index contributed by atoms with van der Waals surface area (Å²) in [5.41, 5.74) is 3.02. The van der Waals surface area contributed by atoms with Gasteiger partial charge in [-0.15, -0.1) is 0 Å². The number of carbonyl (C=O) groups is 2. The van der Waals surface area contributed by atoms with Crippen molar-refractivity contribution >= 4 is 45.8 Å². The van der Waals surface area contributed by atoms with Crippen LogP contribution in [0.3, 0.4) is 0 Å². The van der Waals surface area contributed by atoms with Gasteiger partial charge < -0.3 is 29.1 Å². The molecule has 4 atom stereocenters. The Bertz CT molecular complexity index is 1730. The number of ether oxygens (including phenoxy) is 2. The summed E-state index contributed by atoms with van der Waals surface area (Å²) < 4.78 is 11.1. The predicted molar refractivity (Wildman–Crippen MR) is 178 cm³/mol. The molecule has 2 aromatic carbocycles.